The summed E-state index contributed by atoms with van der Waals surface area (Å²) >= 11 is 0. The Bertz CT molecular complexity index is 1880. The Morgan fingerprint density at radius 2 is 0.800 bits per heavy atom. The van der Waals surface area contributed by atoms with E-state index in [0.717, 1.165) is 16.7 Å². The molecule has 40 heavy (non-hydrogen) atoms. The van der Waals surface area contributed by atoms with Crippen molar-refractivity contribution >= 4 is 0 Å². The third kappa shape index (κ3) is 4.58. The Hall–Kier alpha value is -5.30. The maximum absolute atomic E-state index is 12.5. The highest BCUT2D eigenvalue weighted by atomic mass is 16.3. The van der Waals surface area contributed by atoms with E-state index in [9.17, 15) is 10.2 Å². The van der Waals surface area contributed by atoms with E-state index in [1.807, 2.05) is 115 Å². The first-order valence-electron chi connectivity index (χ1n) is 13.0. The van der Waals surface area contributed by atoms with E-state index in [-0.39, 0.29) is 0 Å². The quantitative estimate of drug-likeness (QED) is 0.251. The summed E-state index contributed by atoms with van der Waals surface area (Å²) in [7, 11) is 0. The normalized spacial score (nSPS) is 18.4. The minimum Gasteiger partial charge on any atom is -0.369 e. The van der Waals surface area contributed by atoms with Crippen molar-refractivity contribution < 1.29 is 10.2 Å². The van der Waals surface area contributed by atoms with Gasteiger partial charge < -0.3 is 10.2 Å². The summed E-state index contributed by atoms with van der Waals surface area (Å²) in [5.41, 5.74) is 1.37. The molecule has 2 atom stereocenters. The lowest BCUT2D eigenvalue weighted by Gasteiger charge is -2.40. The van der Waals surface area contributed by atoms with E-state index in [1.165, 1.54) is 0 Å². The number of fused-ring (bicyclic) bond motifs is 2. The van der Waals surface area contributed by atoms with Crippen LogP contribution in [0.1, 0.15) is 44.5 Å². The van der Waals surface area contributed by atoms with Crippen molar-refractivity contribution in [2.45, 2.75) is 11.2 Å². The Kier molecular flexibility index (Phi) is 6.54. The van der Waals surface area contributed by atoms with Gasteiger partial charge in [0.15, 0.2) is 11.2 Å². The molecule has 0 saturated heterocycles. The van der Waals surface area contributed by atoms with E-state index in [2.05, 4.69) is 35.5 Å². The molecule has 0 heterocycles. The monoisotopic (exact) mass is 512 g/mol. The van der Waals surface area contributed by atoms with Gasteiger partial charge in [0.05, 0.1) is 0 Å². The molecule has 2 heteroatoms. The third-order valence-corrected chi connectivity index (χ3v) is 6.96. The Morgan fingerprint density at radius 1 is 0.375 bits per heavy atom. The zero-order chi connectivity index (χ0) is 27.4. The van der Waals surface area contributed by atoms with E-state index in [1.54, 1.807) is 18.2 Å². The summed E-state index contributed by atoms with van der Waals surface area (Å²) in [5.74, 6) is 19.0. The predicted octanol–water partition coefficient (Wildman–Crippen LogP) is 5.98. The van der Waals surface area contributed by atoms with Crippen LogP contribution in [0.5, 0.6) is 0 Å². The van der Waals surface area contributed by atoms with E-state index >= 15 is 0 Å². The first-order valence-corrected chi connectivity index (χ1v) is 13.0. The van der Waals surface area contributed by atoms with Gasteiger partial charge in [-0.05, 0) is 42.5 Å². The smallest absolute Gasteiger partial charge is 0.179 e. The summed E-state index contributed by atoms with van der Waals surface area (Å²) in [6.07, 6.45) is 0. The third-order valence-electron chi connectivity index (χ3n) is 6.96. The molecule has 0 saturated carbocycles. The van der Waals surface area contributed by atoms with Crippen LogP contribution in [0.25, 0.3) is 0 Å². The van der Waals surface area contributed by atoms with Crippen LogP contribution in [0.4, 0.5) is 0 Å². The standard InChI is InChI=1S/C38H24O2/c39-37(27-25-30-15-6-2-7-16-30)33-20-10-11-21-34(33)38(40,28-26-31-17-8-3-9-18-31)36-32(19-12-22-35(36)37)24-23-29-13-4-1-5-14-29/h1-22,39-40H/t37-,38-/m1/s1. The fourth-order valence-electron chi connectivity index (χ4n) is 5.04. The fraction of sp³-hybridized carbons (Fsp3) is 0.0526. The SMILES string of the molecule is O[C@]1(C#Cc2ccccc2)c2ccccc2[C@](O)(C#Cc2ccccc2)c2c(C#Cc3ccccc3)cccc21. The van der Waals surface area contributed by atoms with Crippen LogP contribution in [0.3, 0.4) is 0 Å². The number of benzene rings is 5. The second-order valence-electron chi connectivity index (χ2n) is 9.54. The van der Waals surface area contributed by atoms with Crippen molar-refractivity contribution in [2.24, 2.45) is 0 Å². The highest BCUT2D eigenvalue weighted by Crippen LogP contribution is 2.48. The highest BCUT2D eigenvalue weighted by molar-refractivity contribution is 5.68. The van der Waals surface area contributed by atoms with Crippen LogP contribution in [-0.2, 0) is 11.2 Å². The molecular weight excluding hydrogens is 488 g/mol. The highest BCUT2D eigenvalue weighted by Gasteiger charge is 2.49. The van der Waals surface area contributed by atoms with Gasteiger partial charge >= 0.3 is 0 Å². The number of hydrogen-bond acceptors (Lipinski definition) is 2. The predicted molar refractivity (Wildman–Crippen MR) is 158 cm³/mol. The van der Waals surface area contributed by atoms with Crippen molar-refractivity contribution in [2.75, 3.05) is 0 Å². The van der Waals surface area contributed by atoms with Gasteiger partial charge in [-0.3, -0.25) is 0 Å². The largest absolute Gasteiger partial charge is 0.369 e. The molecule has 0 fully saturated rings. The Balaban J connectivity index is 1.64. The number of hydrogen-bond donors (Lipinski definition) is 2. The summed E-state index contributed by atoms with van der Waals surface area (Å²) in [4.78, 5) is 0. The summed E-state index contributed by atoms with van der Waals surface area (Å²) in [6, 6.07) is 41.5. The molecule has 2 N–H and O–H groups in total. The molecule has 0 unspecified atom stereocenters. The molecule has 0 aliphatic heterocycles. The summed E-state index contributed by atoms with van der Waals surface area (Å²) < 4.78 is 0. The molecule has 1 aliphatic rings. The van der Waals surface area contributed by atoms with Gasteiger partial charge in [-0.1, -0.05) is 127 Å². The number of aliphatic hydroxyl groups is 2. The van der Waals surface area contributed by atoms with Crippen LogP contribution < -0.4 is 0 Å². The van der Waals surface area contributed by atoms with Gasteiger partial charge in [0.2, 0.25) is 0 Å². The van der Waals surface area contributed by atoms with Gasteiger partial charge in [0, 0.05) is 44.5 Å². The fourth-order valence-corrected chi connectivity index (χ4v) is 5.04. The molecule has 0 spiro atoms. The Labute approximate surface area is 234 Å². The van der Waals surface area contributed by atoms with Crippen LogP contribution in [0, 0.1) is 35.5 Å². The molecule has 5 aromatic carbocycles. The molecule has 0 amide bonds. The average molecular weight is 513 g/mol. The van der Waals surface area contributed by atoms with Gasteiger partial charge in [0.1, 0.15) is 0 Å². The van der Waals surface area contributed by atoms with Crippen molar-refractivity contribution in [1.29, 1.82) is 0 Å². The Morgan fingerprint density at radius 3 is 1.35 bits per heavy atom. The second-order valence-corrected chi connectivity index (χ2v) is 9.54. The molecule has 0 aromatic heterocycles. The zero-order valence-corrected chi connectivity index (χ0v) is 21.6. The van der Waals surface area contributed by atoms with Gasteiger partial charge in [-0.15, -0.1) is 0 Å². The van der Waals surface area contributed by atoms with E-state index in [4.69, 9.17) is 0 Å². The lowest BCUT2D eigenvalue weighted by molar-refractivity contribution is 0.0942. The second kappa shape index (κ2) is 10.5. The van der Waals surface area contributed by atoms with Gasteiger partial charge in [0.25, 0.3) is 0 Å². The summed E-state index contributed by atoms with van der Waals surface area (Å²) in [5, 5.41) is 24.9. The lowest BCUT2D eigenvalue weighted by atomic mass is 9.66. The van der Waals surface area contributed by atoms with E-state index < -0.39 is 11.2 Å². The van der Waals surface area contributed by atoms with Gasteiger partial charge in [-0.25, -0.2) is 0 Å². The number of rotatable bonds is 0. The van der Waals surface area contributed by atoms with Crippen LogP contribution in [0.15, 0.2) is 133 Å². The van der Waals surface area contributed by atoms with Crippen molar-refractivity contribution in [1.82, 2.24) is 0 Å². The lowest BCUT2D eigenvalue weighted by Crippen LogP contribution is -2.42. The zero-order valence-electron chi connectivity index (χ0n) is 21.6. The molecule has 0 radical (unpaired) electrons. The molecule has 0 bridgehead atoms. The molecule has 5 aromatic rings. The molecular formula is C38H24O2. The average Bonchev–Trinajstić information content (AvgIpc) is 3.02. The first-order chi connectivity index (χ1) is 19.6. The maximum Gasteiger partial charge on any atom is 0.179 e. The van der Waals surface area contributed by atoms with Crippen molar-refractivity contribution in [3.05, 3.63) is 178 Å². The van der Waals surface area contributed by atoms with Crippen molar-refractivity contribution in [3.63, 3.8) is 0 Å². The first kappa shape index (κ1) is 25.0. The molecule has 188 valence electrons. The van der Waals surface area contributed by atoms with Crippen LogP contribution >= 0.6 is 0 Å². The van der Waals surface area contributed by atoms with Crippen LogP contribution in [-0.4, -0.2) is 10.2 Å². The molecule has 6 rings (SSSR count). The van der Waals surface area contributed by atoms with Gasteiger partial charge in [-0.2, -0.15) is 0 Å². The minimum absolute atomic E-state index is 0.436. The molecule has 2 nitrogen and oxygen atoms in total. The molecule has 1 aliphatic carbocycles. The summed E-state index contributed by atoms with van der Waals surface area (Å²) in [6.45, 7) is 0. The van der Waals surface area contributed by atoms with Crippen LogP contribution in [0.2, 0.25) is 0 Å². The topological polar surface area (TPSA) is 40.5 Å². The van der Waals surface area contributed by atoms with E-state index in [0.29, 0.717) is 27.8 Å². The minimum atomic E-state index is -1.75. The van der Waals surface area contributed by atoms with Crippen molar-refractivity contribution in [3.8, 4) is 35.5 Å². The maximum atomic E-state index is 12.5.